The third kappa shape index (κ3) is 7.35. The maximum atomic E-state index is 13.8. The summed E-state index contributed by atoms with van der Waals surface area (Å²) in [6.07, 6.45) is -9.62. The van der Waals surface area contributed by atoms with Crippen molar-refractivity contribution in [1.82, 2.24) is 0 Å². The summed E-state index contributed by atoms with van der Waals surface area (Å²) >= 11 is 0. The summed E-state index contributed by atoms with van der Waals surface area (Å²) in [6.45, 7) is 4.25. The summed E-state index contributed by atoms with van der Waals surface area (Å²) in [5.41, 5.74) is -0.102. The lowest BCUT2D eigenvalue weighted by molar-refractivity contribution is -0.305. The highest BCUT2D eigenvalue weighted by molar-refractivity contribution is 6.83. The molecular weight excluding hydrogens is 570 g/mol. The summed E-state index contributed by atoms with van der Waals surface area (Å²) in [4.78, 5) is 0. The van der Waals surface area contributed by atoms with Gasteiger partial charge in [0.05, 0.1) is 20.3 Å². The van der Waals surface area contributed by atoms with Crippen molar-refractivity contribution >= 4 is 13.7 Å². The molecule has 2 aromatic rings. The van der Waals surface area contributed by atoms with Gasteiger partial charge in [0.1, 0.15) is 11.5 Å². The van der Waals surface area contributed by atoms with E-state index in [0.717, 1.165) is 5.56 Å². The molecule has 1 unspecified atom stereocenters. The van der Waals surface area contributed by atoms with Gasteiger partial charge in [-0.15, -0.1) is 0 Å². The fourth-order valence-corrected chi connectivity index (χ4v) is 8.35. The van der Waals surface area contributed by atoms with Gasteiger partial charge in [-0.3, -0.25) is 0 Å². The number of alkyl halides is 6. The highest BCUT2D eigenvalue weighted by Gasteiger charge is 2.64. The van der Waals surface area contributed by atoms with E-state index in [0.29, 0.717) is 11.5 Å². The minimum Gasteiger partial charge on any atom is -0.497 e. The van der Waals surface area contributed by atoms with Crippen LogP contribution in [-0.2, 0) is 14.3 Å². The minimum absolute atomic E-state index is 0.0907. The van der Waals surface area contributed by atoms with Crippen LogP contribution < -0.4 is 14.7 Å². The molecule has 0 spiro atoms. The molecule has 0 amide bonds. The summed E-state index contributed by atoms with van der Waals surface area (Å²) in [5, 5.41) is 8.82. The number of aliphatic hydroxyl groups excluding tert-OH is 1. The van der Waals surface area contributed by atoms with Crippen LogP contribution in [0.25, 0.3) is 0 Å². The molecule has 1 aliphatic rings. The van der Waals surface area contributed by atoms with Gasteiger partial charge in [0.15, 0.2) is 0 Å². The second kappa shape index (κ2) is 12.2. The molecule has 0 heterocycles. The molecule has 5 nitrogen and oxygen atoms in total. The second-order valence-corrected chi connectivity index (χ2v) is 14.6. The van der Waals surface area contributed by atoms with Crippen LogP contribution in [0.3, 0.4) is 0 Å². The van der Waals surface area contributed by atoms with E-state index >= 15 is 0 Å². The maximum Gasteiger partial charge on any atom is 0.422 e. The third-order valence-electron chi connectivity index (χ3n) is 6.97. The van der Waals surface area contributed by atoms with Crippen LogP contribution in [0.15, 0.2) is 72.8 Å². The Morgan fingerprint density at radius 3 is 1.68 bits per heavy atom. The first-order valence-electron chi connectivity index (χ1n) is 12.8. The van der Waals surface area contributed by atoms with Crippen LogP contribution in [-0.4, -0.2) is 59.1 Å². The number of ether oxygens (including phenoxy) is 2. The number of hydrogen-bond acceptors (Lipinski definition) is 5. The van der Waals surface area contributed by atoms with Crippen LogP contribution in [0, 0.1) is 0 Å². The number of hydrogen-bond donors (Lipinski definition) is 1. The van der Waals surface area contributed by atoms with Crippen LogP contribution in [0.4, 0.5) is 26.3 Å². The molecule has 0 radical (unpaired) electrons. The fraction of sp³-hybridized carbons (Fsp3) is 0.448. The zero-order valence-corrected chi connectivity index (χ0v) is 24.3. The normalized spacial score (nSPS) is 21.1. The van der Waals surface area contributed by atoms with Gasteiger partial charge < -0.3 is 23.4 Å². The first-order valence-corrected chi connectivity index (χ1v) is 14.6. The van der Waals surface area contributed by atoms with Crippen LogP contribution in [0.1, 0.15) is 32.8 Å². The zero-order valence-electron chi connectivity index (χ0n) is 23.3. The Morgan fingerprint density at radius 1 is 0.805 bits per heavy atom. The molecule has 0 bridgehead atoms. The summed E-state index contributed by atoms with van der Waals surface area (Å²) in [6, 6.07) is 12.7. The predicted molar refractivity (Wildman–Crippen MR) is 145 cm³/mol. The fourth-order valence-electron chi connectivity index (χ4n) is 4.74. The van der Waals surface area contributed by atoms with Crippen LogP contribution >= 0.6 is 0 Å². The Balaban J connectivity index is 2.08. The van der Waals surface area contributed by atoms with Gasteiger partial charge in [-0.1, -0.05) is 69.3 Å². The van der Waals surface area contributed by atoms with Crippen molar-refractivity contribution in [2.45, 2.75) is 62.2 Å². The largest absolute Gasteiger partial charge is 0.497 e. The zero-order chi connectivity index (χ0) is 30.7. The third-order valence-corrected chi connectivity index (χ3v) is 11.2. The SMILES string of the molecule is COc1ccc(C2(CCO[Si](OC(C(F)(F)F)C(F)(F)F)(c3ccc(OC)cc3)C(C)(C)C)C=CC(O)C=C2)cc1. The van der Waals surface area contributed by atoms with Crippen molar-refractivity contribution in [2.24, 2.45) is 0 Å². The van der Waals surface area contributed by atoms with Crippen molar-refractivity contribution < 1.29 is 49.8 Å². The van der Waals surface area contributed by atoms with Crippen molar-refractivity contribution in [1.29, 1.82) is 0 Å². The maximum absolute atomic E-state index is 13.8. The Morgan fingerprint density at radius 2 is 1.27 bits per heavy atom. The first kappa shape index (κ1) is 32.7. The molecule has 3 rings (SSSR count). The Labute approximate surface area is 236 Å². The molecule has 1 N–H and O–H groups in total. The number of benzene rings is 2. The molecule has 0 aliphatic heterocycles. The van der Waals surface area contributed by atoms with Crippen molar-refractivity contribution in [2.75, 3.05) is 20.8 Å². The summed E-state index contributed by atoms with van der Waals surface area (Å²) in [7, 11) is -1.65. The molecular formula is C29H34F6O5Si. The number of rotatable bonds is 10. The lowest BCUT2D eigenvalue weighted by Crippen LogP contribution is -2.65. The van der Waals surface area contributed by atoms with E-state index in [1.165, 1.54) is 59.3 Å². The van der Waals surface area contributed by atoms with Gasteiger partial charge in [-0.2, -0.15) is 26.3 Å². The lowest BCUT2D eigenvalue weighted by Gasteiger charge is -2.44. The van der Waals surface area contributed by atoms with Crippen LogP contribution in [0.2, 0.25) is 5.04 Å². The van der Waals surface area contributed by atoms with Gasteiger partial charge >= 0.3 is 20.9 Å². The topological polar surface area (TPSA) is 57.2 Å². The monoisotopic (exact) mass is 604 g/mol. The number of aliphatic hydroxyl groups is 1. The number of allylic oxidation sites excluding steroid dienone is 2. The molecule has 1 atom stereocenters. The molecule has 41 heavy (non-hydrogen) atoms. The highest BCUT2D eigenvalue weighted by Crippen LogP contribution is 2.45. The predicted octanol–water partition coefficient (Wildman–Crippen LogP) is 6.49. The van der Waals surface area contributed by atoms with E-state index in [9.17, 15) is 31.4 Å². The van der Waals surface area contributed by atoms with Crippen molar-refractivity contribution in [3.05, 3.63) is 78.4 Å². The van der Waals surface area contributed by atoms with Gasteiger partial charge in [0, 0.05) is 17.1 Å². The molecule has 0 saturated heterocycles. The molecule has 2 aromatic carbocycles. The van der Waals surface area contributed by atoms with E-state index in [-0.39, 0.29) is 18.2 Å². The Hall–Kier alpha value is -2.80. The second-order valence-electron chi connectivity index (χ2n) is 10.8. The molecule has 0 fully saturated rings. The lowest BCUT2D eigenvalue weighted by atomic mass is 9.75. The first-order chi connectivity index (χ1) is 19.0. The average Bonchev–Trinajstić information content (AvgIpc) is 2.90. The van der Waals surface area contributed by atoms with Crippen molar-refractivity contribution in [3.63, 3.8) is 0 Å². The standard InChI is InChI=1S/C29H34F6O5Si/c1-26(2,3)41(24-12-10-23(38-5)11-13-24,40-25(28(30,31)32)29(33,34)35)39-19-18-27(16-14-21(36)15-17-27)20-6-8-22(37-4)9-7-20/h6-17,21,25,36H,18-19H2,1-5H3. The molecule has 226 valence electrons. The average molecular weight is 605 g/mol. The van der Waals surface area contributed by atoms with E-state index in [2.05, 4.69) is 0 Å². The van der Waals surface area contributed by atoms with E-state index < -0.39 is 43.6 Å². The smallest absolute Gasteiger partial charge is 0.422 e. The van der Waals surface area contributed by atoms with Gasteiger partial charge in [0.25, 0.3) is 0 Å². The summed E-state index contributed by atoms with van der Waals surface area (Å²) in [5.74, 6) is 0.963. The van der Waals surface area contributed by atoms with E-state index in [4.69, 9.17) is 18.3 Å². The molecule has 12 heteroatoms. The molecule has 1 aliphatic carbocycles. The molecule has 0 aromatic heterocycles. The van der Waals surface area contributed by atoms with Gasteiger partial charge in [-0.05, 0) is 41.4 Å². The van der Waals surface area contributed by atoms with E-state index in [1.807, 2.05) is 0 Å². The Bertz CT molecular complexity index is 1170. The Kier molecular flexibility index (Phi) is 9.73. The summed E-state index contributed by atoms with van der Waals surface area (Å²) < 4.78 is 105. The van der Waals surface area contributed by atoms with Gasteiger partial charge in [0.2, 0.25) is 6.10 Å². The highest BCUT2D eigenvalue weighted by atomic mass is 28.4. The van der Waals surface area contributed by atoms with E-state index in [1.54, 1.807) is 48.6 Å². The number of halogens is 6. The minimum atomic E-state index is -5.73. The molecule has 0 saturated carbocycles. The quantitative estimate of drug-likeness (QED) is 0.191. The number of methoxy groups -OCH3 is 2. The van der Waals surface area contributed by atoms with Crippen molar-refractivity contribution in [3.8, 4) is 11.5 Å². The van der Waals surface area contributed by atoms with Gasteiger partial charge in [-0.25, -0.2) is 0 Å². The van der Waals surface area contributed by atoms with Crippen LogP contribution in [0.5, 0.6) is 11.5 Å².